The molecule has 0 radical (unpaired) electrons. The van der Waals surface area contributed by atoms with E-state index >= 15 is 0 Å². The summed E-state index contributed by atoms with van der Waals surface area (Å²) in [6, 6.07) is 4.96. The van der Waals surface area contributed by atoms with E-state index in [9.17, 15) is 9.59 Å². The Hall–Kier alpha value is -3.10. The third-order valence-electron chi connectivity index (χ3n) is 3.49. The monoisotopic (exact) mass is 362 g/mol. The average molecular weight is 362 g/mol. The van der Waals surface area contributed by atoms with Gasteiger partial charge in [0.1, 0.15) is 12.2 Å². The molecule has 9 heteroatoms. The number of carboxylic acid groups (broad SMARTS) is 1. The number of ether oxygens (including phenoxy) is 2. The van der Waals surface area contributed by atoms with Gasteiger partial charge in [0.15, 0.2) is 11.5 Å². The van der Waals surface area contributed by atoms with Crippen molar-refractivity contribution < 1.29 is 24.2 Å². The maximum absolute atomic E-state index is 12.3. The second kappa shape index (κ2) is 9.40. The van der Waals surface area contributed by atoms with Gasteiger partial charge < -0.3 is 19.9 Å². The minimum absolute atomic E-state index is 0.134. The minimum Gasteiger partial charge on any atom is -0.493 e. The van der Waals surface area contributed by atoms with Gasteiger partial charge in [-0.15, -0.1) is 5.10 Å². The molecule has 0 saturated heterocycles. The van der Waals surface area contributed by atoms with Gasteiger partial charge >= 0.3 is 5.97 Å². The third-order valence-corrected chi connectivity index (χ3v) is 3.49. The highest BCUT2D eigenvalue weighted by Gasteiger charge is 2.12. The van der Waals surface area contributed by atoms with Crippen molar-refractivity contribution >= 4 is 11.9 Å². The number of carbonyl (C=O) groups excluding carboxylic acids is 1. The Morgan fingerprint density at radius 2 is 2.12 bits per heavy atom. The number of hydrogen-bond acceptors (Lipinski definition) is 6. The first kappa shape index (κ1) is 19.2. The molecule has 1 aromatic heterocycles. The Morgan fingerprint density at radius 3 is 2.81 bits per heavy atom. The topological polar surface area (TPSA) is 116 Å². The van der Waals surface area contributed by atoms with Crippen LogP contribution in [0.15, 0.2) is 24.4 Å². The summed E-state index contributed by atoms with van der Waals surface area (Å²) in [5, 5.41) is 18.9. The van der Waals surface area contributed by atoms with Gasteiger partial charge in [0.05, 0.1) is 26.5 Å². The molecule has 26 heavy (non-hydrogen) atoms. The Balaban J connectivity index is 1.96. The van der Waals surface area contributed by atoms with Crippen molar-refractivity contribution in [3.63, 3.8) is 0 Å². The van der Waals surface area contributed by atoms with Gasteiger partial charge in [0.2, 0.25) is 0 Å². The number of aromatic nitrogens is 3. The quantitative estimate of drug-likeness (QED) is 0.615. The maximum atomic E-state index is 12.3. The number of methoxy groups -OCH3 is 1. The second-order valence-electron chi connectivity index (χ2n) is 5.55. The molecule has 0 aliphatic heterocycles. The molecule has 0 unspecified atom stereocenters. The molecule has 2 N–H and O–H groups in total. The van der Waals surface area contributed by atoms with Gasteiger partial charge in [-0.1, -0.05) is 18.6 Å². The van der Waals surface area contributed by atoms with E-state index in [1.165, 1.54) is 18.0 Å². The molecule has 1 aromatic carbocycles. The molecule has 0 bridgehead atoms. The molecule has 1 heterocycles. The second-order valence-corrected chi connectivity index (χ2v) is 5.55. The van der Waals surface area contributed by atoms with Gasteiger partial charge in [-0.2, -0.15) is 0 Å². The molecule has 0 saturated carbocycles. The molecule has 2 aromatic rings. The van der Waals surface area contributed by atoms with Gasteiger partial charge in [0, 0.05) is 5.56 Å². The van der Waals surface area contributed by atoms with Crippen LogP contribution in [0.2, 0.25) is 0 Å². The molecule has 140 valence electrons. The first-order valence-corrected chi connectivity index (χ1v) is 8.23. The predicted octanol–water partition coefficient (Wildman–Crippen LogP) is 1.48. The molecule has 0 atom stereocenters. The van der Waals surface area contributed by atoms with Crippen LogP contribution < -0.4 is 14.8 Å². The summed E-state index contributed by atoms with van der Waals surface area (Å²) >= 11 is 0. The van der Waals surface area contributed by atoms with Gasteiger partial charge in [-0.05, 0) is 24.6 Å². The number of rotatable bonds is 10. The first-order valence-electron chi connectivity index (χ1n) is 8.23. The molecule has 0 aliphatic rings. The molecular weight excluding hydrogens is 340 g/mol. The lowest BCUT2D eigenvalue weighted by Crippen LogP contribution is -2.23. The van der Waals surface area contributed by atoms with Crippen LogP contribution in [0, 0.1) is 0 Å². The fourth-order valence-corrected chi connectivity index (χ4v) is 2.16. The van der Waals surface area contributed by atoms with Crippen molar-refractivity contribution in [1.82, 2.24) is 20.3 Å². The van der Waals surface area contributed by atoms with Crippen molar-refractivity contribution in [2.75, 3.05) is 13.7 Å². The Morgan fingerprint density at radius 1 is 1.31 bits per heavy atom. The molecule has 9 nitrogen and oxygen atoms in total. The van der Waals surface area contributed by atoms with E-state index in [1.807, 2.05) is 0 Å². The van der Waals surface area contributed by atoms with Crippen LogP contribution in [0.3, 0.4) is 0 Å². The number of aliphatic carboxylic acids is 1. The molecule has 0 fully saturated rings. The van der Waals surface area contributed by atoms with Crippen LogP contribution in [0.1, 0.15) is 35.8 Å². The summed E-state index contributed by atoms with van der Waals surface area (Å²) in [5.41, 5.74) is 0.883. The van der Waals surface area contributed by atoms with Crippen molar-refractivity contribution in [2.45, 2.75) is 32.9 Å². The number of nitrogens with zero attached hydrogens (tertiary/aromatic N) is 3. The van der Waals surface area contributed by atoms with E-state index in [4.69, 9.17) is 14.6 Å². The maximum Gasteiger partial charge on any atom is 0.325 e. The van der Waals surface area contributed by atoms with Crippen molar-refractivity contribution in [3.8, 4) is 11.5 Å². The molecule has 0 spiro atoms. The summed E-state index contributed by atoms with van der Waals surface area (Å²) in [5.74, 6) is -0.245. The number of carboxylic acids is 1. The van der Waals surface area contributed by atoms with E-state index in [-0.39, 0.29) is 19.0 Å². The van der Waals surface area contributed by atoms with Gasteiger partial charge in [0.25, 0.3) is 5.91 Å². The lowest BCUT2D eigenvalue weighted by Gasteiger charge is -2.12. The number of unbranched alkanes of at least 4 members (excludes halogenated alkanes) is 1. The average Bonchev–Trinajstić information content (AvgIpc) is 3.06. The SMILES string of the molecule is CCCCOc1ccc(C(=O)NCc2cn(CC(=O)O)nn2)cc1OC. The highest BCUT2D eigenvalue weighted by Crippen LogP contribution is 2.28. The van der Waals surface area contributed by atoms with Crippen LogP contribution in [0.5, 0.6) is 11.5 Å². The van der Waals surface area contributed by atoms with Crippen LogP contribution >= 0.6 is 0 Å². The summed E-state index contributed by atoms with van der Waals surface area (Å²) in [7, 11) is 1.52. The van der Waals surface area contributed by atoms with Crippen molar-refractivity contribution in [2.24, 2.45) is 0 Å². The first-order chi connectivity index (χ1) is 12.5. The number of benzene rings is 1. The van der Waals surface area contributed by atoms with Crippen molar-refractivity contribution in [1.29, 1.82) is 0 Å². The largest absolute Gasteiger partial charge is 0.493 e. The van der Waals surface area contributed by atoms with E-state index < -0.39 is 5.97 Å². The summed E-state index contributed by atoms with van der Waals surface area (Å²) in [4.78, 5) is 22.9. The van der Waals surface area contributed by atoms with E-state index in [0.29, 0.717) is 29.4 Å². The van der Waals surface area contributed by atoms with E-state index in [0.717, 1.165) is 12.8 Å². The van der Waals surface area contributed by atoms with Crippen LogP contribution in [0.25, 0.3) is 0 Å². The summed E-state index contributed by atoms with van der Waals surface area (Å²) in [6.45, 7) is 2.52. The highest BCUT2D eigenvalue weighted by molar-refractivity contribution is 5.94. The summed E-state index contributed by atoms with van der Waals surface area (Å²) < 4.78 is 12.1. The lowest BCUT2D eigenvalue weighted by atomic mass is 10.2. The van der Waals surface area contributed by atoms with Gasteiger partial charge in [-0.3, -0.25) is 9.59 Å². The number of carbonyl (C=O) groups is 2. The molecular formula is C17H22N4O5. The lowest BCUT2D eigenvalue weighted by molar-refractivity contribution is -0.137. The Labute approximate surface area is 150 Å². The zero-order valence-electron chi connectivity index (χ0n) is 14.8. The van der Waals surface area contributed by atoms with E-state index in [2.05, 4.69) is 22.6 Å². The molecule has 2 rings (SSSR count). The zero-order valence-corrected chi connectivity index (χ0v) is 14.8. The fourth-order valence-electron chi connectivity index (χ4n) is 2.16. The van der Waals surface area contributed by atoms with Gasteiger partial charge in [-0.25, -0.2) is 4.68 Å². The van der Waals surface area contributed by atoms with Crippen LogP contribution in [-0.4, -0.2) is 45.7 Å². The third kappa shape index (κ3) is 5.47. The van der Waals surface area contributed by atoms with E-state index in [1.54, 1.807) is 18.2 Å². The van der Waals surface area contributed by atoms with Crippen LogP contribution in [-0.2, 0) is 17.9 Å². The number of nitrogens with one attached hydrogen (secondary N) is 1. The fraction of sp³-hybridized carbons (Fsp3) is 0.412. The molecule has 0 aliphatic carbocycles. The Bertz CT molecular complexity index is 759. The standard InChI is InChI=1S/C17H22N4O5/c1-3-4-7-26-14-6-5-12(8-15(14)25-2)17(24)18-9-13-10-21(20-19-13)11-16(22)23/h5-6,8,10H,3-4,7,9,11H2,1-2H3,(H,18,24)(H,22,23). The summed E-state index contributed by atoms with van der Waals surface area (Å²) in [6.07, 6.45) is 3.44. The highest BCUT2D eigenvalue weighted by atomic mass is 16.5. The van der Waals surface area contributed by atoms with Crippen LogP contribution in [0.4, 0.5) is 0 Å². The minimum atomic E-state index is -1.01. The van der Waals surface area contributed by atoms with Crippen molar-refractivity contribution in [3.05, 3.63) is 35.7 Å². The predicted molar refractivity (Wildman–Crippen MR) is 92.2 cm³/mol. The Kier molecular flexibility index (Phi) is 6.95. The number of amides is 1. The smallest absolute Gasteiger partial charge is 0.325 e. The normalized spacial score (nSPS) is 10.4. The zero-order chi connectivity index (χ0) is 18.9. The molecule has 1 amide bonds. The number of hydrogen-bond donors (Lipinski definition) is 2.